The molecule has 106 valence electrons. The van der Waals surface area contributed by atoms with Crippen LogP contribution in [0.25, 0.3) is 0 Å². The van der Waals surface area contributed by atoms with Gasteiger partial charge in [-0.15, -0.1) is 0 Å². The quantitative estimate of drug-likeness (QED) is 0.893. The lowest BCUT2D eigenvalue weighted by Gasteiger charge is -2.29. The molecule has 1 unspecified atom stereocenters. The van der Waals surface area contributed by atoms with Crippen LogP contribution in [0.4, 0.5) is 0 Å². The van der Waals surface area contributed by atoms with Crippen LogP contribution >= 0.6 is 0 Å². The summed E-state index contributed by atoms with van der Waals surface area (Å²) < 4.78 is 10.7. The van der Waals surface area contributed by atoms with Crippen LogP contribution in [-0.4, -0.2) is 49.7 Å². The molecule has 1 aromatic rings. The van der Waals surface area contributed by atoms with Crippen molar-refractivity contribution in [3.05, 3.63) is 23.2 Å². The summed E-state index contributed by atoms with van der Waals surface area (Å²) in [6, 6.07) is 1.90. The molecule has 19 heavy (non-hydrogen) atoms. The standard InChI is InChI=1S/C14H22N2O3/c1-10(9-16-4-6-18-7-5-16)15-14(17)13-8-11(2)19-12(13)3/h8,10H,4-7,9H2,1-3H3,(H,15,17). The number of nitrogens with zero attached hydrogens (tertiary/aromatic N) is 1. The van der Waals surface area contributed by atoms with Gasteiger partial charge in [-0.05, 0) is 26.8 Å². The van der Waals surface area contributed by atoms with Gasteiger partial charge in [0.2, 0.25) is 0 Å². The number of ether oxygens (including phenoxy) is 1. The van der Waals surface area contributed by atoms with Crippen LogP contribution in [-0.2, 0) is 4.74 Å². The highest BCUT2D eigenvalue weighted by Crippen LogP contribution is 2.13. The average molecular weight is 266 g/mol. The highest BCUT2D eigenvalue weighted by molar-refractivity contribution is 5.95. The van der Waals surface area contributed by atoms with Crippen molar-refractivity contribution in [2.45, 2.75) is 26.8 Å². The maximum atomic E-state index is 12.1. The molecule has 0 bridgehead atoms. The summed E-state index contributed by atoms with van der Waals surface area (Å²) in [7, 11) is 0. The Balaban J connectivity index is 1.86. The summed E-state index contributed by atoms with van der Waals surface area (Å²) in [5.74, 6) is 1.38. The fourth-order valence-corrected chi connectivity index (χ4v) is 2.37. The predicted molar refractivity (Wildman–Crippen MR) is 72.4 cm³/mol. The van der Waals surface area contributed by atoms with Gasteiger partial charge in [0.15, 0.2) is 0 Å². The van der Waals surface area contributed by atoms with Crippen LogP contribution in [0.2, 0.25) is 0 Å². The Labute approximate surface area is 113 Å². The molecule has 0 spiro atoms. The lowest BCUT2D eigenvalue weighted by atomic mass is 10.2. The number of hydrogen-bond donors (Lipinski definition) is 1. The van der Waals surface area contributed by atoms with Crippen molar-refractivity contribution in [2.24, 2.45) is 0 Å². The fraction of sp³-hybridized carbons (Fsp3) is 0.643. The SMILES string of the molecule is Cc1cc(C(=O)NC(C)CN2CCOCC2)c(C)o1. The van der Waals surface area contributed by atoms with Crippen LogP contribution in [0.1, 0.15) is 28.8 Å². The van der Waals surface area contributed by atoms with Crippen LogP contribution in [0.15, 0.2) is 10.5 Å². The first-order valence-corrected chi connectivity index (χ1v) is 6.74. The van der Waals surface area contributed by atoms with Crippen LogP contribution in [0, 0.1) is 13.8 Å². The molecule has 1 aliphatic heterocycles. The topological polar surface area (TPSA) is 54.7 Å². The molecule has 1 fully saturated rings. The largest absolute Gasteiger partial charge is 0.466 e. The van der Waals surface area contributed by atoms with Crippen LogP contribution in [0.5, 0.6) is 0 Å². The second-order valence-corrected chi connectivity index (χ2v) is 5.11. The minimum atomic E-state index is -0.0601. The molecule has 2 heterocycles. The van der Waals surface area contributed by atoms with E-state index in [-0.39, 0.29) is 11.9 Å². The highest BCUT2D eigenvalue weighted by atomic mass is 16.5. The van der Waals surface area contributed by atoms with E-state index in [0.29, 0.717) is 11.3 Å². The summed E-state index contributed by atoms with van der Waals surface area (Å²) in [6.07, 6.45) is 0. The molecular weight excluding hydrogens is 244 g/mol. The van der Waals surface area contributed by atoms with Gasteiger partial charge in [-0.3, -0.25) is 9.69 Å². The zero-order valence-electron chi connectivity index (χ0n) is 11.9. The maximum Gasteiger partial charge on any atom is 0.255 e. The summed E-state index contributed by atoms with van der Waals surface area (Å²) >= 11 is 0. The Morgan fingerprint density at radius 3 is 2.68 bits per heavy atom. The molecule has 1 saturated heterocycles. The third kappa shape index (κ3) is 3.81. The Kier molecular flexibility index (Phi) is 4.61. The average Bonchev–Trinajstić information content (AvgIpc) is 2.69. The normalized spacial score (nSPS) is 18.3. The number of carbonyl (C=O) groups excluding carboxylic acids is 1. The van der Waals surface area contributed by atoms with E-state index >= 15 is 0 Å². The Morgan fingerprint density at radius 2 is 2.11 bits per heavy atom. The van der Waals surface area contributed by atoms with E-state index in [1.165, 1.54) is 0 Å². The summed E-state index contributed by atoms with van der Waals surface area (Å²) in [5, 5.41) is 3.02. The van der Waals surface area contributed by atoms with Gasteiger partial charge in [-0.1, -0.05) is 0 Å². The van der Waals surface area contributed by atoms with E-state index < -0.39 is 0 Å². The monoisotopic (exact) mass is 266 g/mol. The number of morpholine rings is 1. The molecule has 1 amide bonds. The maximum absolute atomic E-state index is 12.1. The van der Waals surface area contributed by atoms with E-state index in [4.69, 9.17) is 9.15 Å². The first-order valence-electron chi connectivity index (χ1n) is 6.74. The first kappa shape index (κ1) is 14.1. The molecule has 1 aromatic heterocycles. The lowest BCUT2D eigenvalue weighted by molar-refractivity contribution is 0.0342. The van der Waals surface area contributed by atoms with Crippen molar-refractivity contribution >= 4 is 5.91 Å². The molecule has 5 heteroatoms. The van der Waals surface area contributed by atoms with E-state index in [1.54, 1.807) is 6.07 Å². The zero-order chi connectivity index (χ0) is 13.8. The predicted octanol–water partition coefficient (Wildman–Crippen LogP) is 1.35. The summed E-state index contributed by atoms with van der Waals surface area (Å²) in [5.41, 5.74) is 0.631. The molecule has 5 nitrogen and oxygen atoms in total. The van der Waals surface area contributed by atoms with E-state index in [2.05, 4.69) is 10.2 Å². The first-order chi connectivity index (χ1) is 9.06. The van der Waals surface area contributed by atoms with Crippen molar-refractivity contribution in [1.82, 2.24) is 10.2 Å². The zero-order valence-corrected chi connectivity index (χ0v) is 11.9. The van der Waals surface area contributed by atoms with Gasteiger partial charge < -0.3 is 14.5 Å². The molecular formula is C14H22N2O3. The molecule has 1 atom stereocenters. The van der Waals surface area contributed by atoms with Gasteiger partial charge in [0.25, 0.3) is 5.91 Å². The molecule has 0 aliphatic carbocycles. The molecule has 0 aromatic carbocycles. The summed E-state index contributed by atoms with van der Waals surface area (Å²) in [6.45, 7) is 9.96. The molecule has 0 radical (unpaired) electrons. The molecule has 1 N–H and O–H groups in total. The lowest BCUT2D eigenvalue weighted by Crippen LogP contribution is -2.46. The molecule has 0 saturated carbocycles. The van der Waals surface area contributed by atoms with Gasteiger partial charge in [-0.25, -0.2) is 0 Å². The fourth-order valence-electron chi connectivity index (χ4n) is 2.37. The molecule has 2 rings (SSSR count). The van der Waals surface area contributed by atoms with Crippen LogP contribution < -0.4 is 5.32 Å². The second-order valence-electron chi connectivity index (χ2n) is 5.11. The third-order valence-corrected chi connectivity index (χ3v) is 3.30. The highest BCUT2D eigenvalue weighted by Gasteiger charge is 2.18. The number of nitrogens with one attached hydrogen (secondary N) is 1. The van der Waals surface area contributed by atoms with Gasteiger partial charge in [0.1, 0.15) is 11.5 Å². The Bertz CT molecular complexity index is 436. The van der Waals surface area contributed by atoms with Crippen molar-refractivity contribution in [3.63, 3.8) is 0 Å². The van der Waals surface area contributed by atoms with Crippen molar-refractivity contribution in [2.75, 3.05) is 32.8 Å². The molecule has 1 aliphatic rings. The smallest absolute Gasteiger partial charge is 0.255 e. The van der Waals surface area contributed by atoms with Gasteiger partial charge in [-0.2, -0.15) is 0 Å². The minimum Gasteiger partial charge on any atom is -0.466 e. The number of hydrogen-bond acceptors (Lipinski definition) is 4. The number of amides is 1. The number of furan rings is 1. The van der Waals surface area contributed by atoms with Gasteiger partial charge in [0.05, 0.1) is 18.8 Å². The number of carbonyl (C=O) groups is 1. The minimum absolute atomic E-state index is 0.0601. The van der Waals surface area contributed by atoms with Crippen molar-refractivity contribution < 1.29 is 13.9 Å². The van der Waals surface area contributed by atoms with E-state index in [1.807, 2.05) is 20.8 Å². The van der Waals surface area contributed by atoms with Crippen LogP contribution in [0.3, 0.4) is 0 Å². The van der Waals surface area contributed by atoms with Gasteiger partial charge >= 0.3 is 0 Å². The third-order valence-electron chi connectivity index (χ3n) is 3.30. The Hall–Kier alpha value is -1.33. The Morgan fingerprint density at radius 1 is 1.42 bits per heavy atom. The summed E-state index contributed by atoms with van der Waals surface area (Å²) in [4.78, 5) is 14.4. The second kappa shape index (κ2) is 6.21. The van der Waals surface area contributed by atoms with Gasteiger partial charge in [0, 0.05) is 25.7 Å². The number of aryl methyl sites for hydroxylation is 2. The van der Waals surface area contributed by atoms with Crippen molar-refractivity contribution in [1.29, 1.82) is 0 Å². The number of rotatable bonds is 4. The van der Waals surface area contributed by atoms with Crippen molar-refractivity contribution in [3.8, 4) is 0 Å². The van der Waals surface area contributed by atoms with E-state index in [9.17, 15) is 4.79 Å². The van der Waals surface area contributed by atoms with E-state index in [0.717, 1.165) is 38.6 Å².